The van der Waals surface area contributed by atoms with Gasteiger partial charge in [-0.05, 0) is 29.3 Å². The van der Waals surface area contributed by atoms with E-state index in [1.807, 2.05) is 30.3 Å². The van der Waals surface area contributed by atoms with Crippen LogP contribution in [-0.4, -0.2) is 11.3 Å². The smallest absolute Gasteiger partial charge is 0.150 e. The van der Waals surface area contributed by atoms with Crippen LogP contribution in [0.5, 0.6) is 0 Å². The minimum atomic E-state index is -0.632. The number of aromatic nitrogens is 1. The number of carbonyl (C=O) groups is 1. The molecule has 0 fully saturated rings. The Balaban J connectivity index is 2.06. The van der Waals surface area contributed by atoms with Crippen LogP contribution < -0.4 is 5.32 Å². The number of para-hydroxylation sites is 1. The summed E-state index contributed by atoms with van der Waals surface area (Å²) in [5.74, 6) is 0. The van der Waals surface area contributed by atoms with Crippen molar-refractivity contribution in [1.29, 1.82) is 0 Å². The number of anilines is 1. The van der Waals surface area contributed by atoms with Crippen molar-refractivity contribution in [2.45, 2.75) is 12.0 Å². The van der Waals surface area contributed by atoms with E-state index in [0.29, 0.717) is 6.42 Å². The van der Waals surface area contributed by atoms with Gasteiger partial charge in [0.1, 0.15) is 11.8 Å². The second-order valence-corrected chi connectivity index (χ2v) is 4.28. The predicted octanol–water partition coefficient (Wildman–Crippen LogP) is 2.14. The summed E-state index contributed by atoms with van der Waals surface area (Å²) in [6.45, 7) is 0. The predicted molar refractivity (Wildman–Crippen MR) is 65.7 cm³/mol. The van der Waals surface area contributed by atoms with Crippen LogP contribution in [-0.2, 0) is 16.8 Å². The lowest BCUT2D eigenvalue weighted by atomic mass is 9.89. The third-order valence-electron chi connectivity index (χ3n) is 3.24. The SMILES string of the molecule is O=CC1(c2ccncc2)Cc2ccccc2N1. The molecule has 84 valence electrons. The molecule has 1 aromatic heterocycles. The molecule has 3 heteroatoms. The van der Waals surface area contributed by atoms with Crippen LogP contribution in [0.25, 0.3) is 0 Å². The summed E-state index contributed by atoms with van der Waals surface area (Å²) < 4.78 is 0. The molecular formula is C14H12N2O. The minimum Gasteiger partial charge on any atom is -0.369 e. The topological polar surface area (TPSA) is 42.0 Å². The number of fused-ring (bicyclic) bond motifs is 1. The van der Waals surface area contributed by atoms with Gasteiger partial charge in [-0.25, -0.2) is 0 Å². The Morgan fingerprint density at radius 3 is 2.65 bits per heavy atom. The Labute approximate surface area is 99.5 Å². The number of benzene rings is 1. The molecule has 1 atom stereocenters. The van der Waals surface area contributed by atoms with Crippen molar-refractivity contribution < 1.29 is 4.79 Å². The van der Waals surface area contributed by atoms with Crippen LogP contribution in [0.1, 0.15) is 11.1 Å². The molecule has 0 aliphatic carbocycles. The minimum absolute atomic E-state index is 0.632. The maximum Gasteiger partial charge on any atom is 0.150 e. The molecule has 0 bridgehead atoms. The Bertz CT molecular complexity index is 526. The summed E-state index contributed by atoms with van der Waals surface area (Å²) >= 11 is 0. The zero-order valence-corrected chi connectivity index (χ0v) is 9.26. The summed E-state index contributed by atoms with van der Waals surface area (Å²) in [5, 5.41) is 3.32. The highest BCUT2D eigenvalue weighted by atomic mass is 16.1. The van der Waals surface area contributed by atoms with Gasteiger partial charge in [-0.1, -0.05) is 18.2 Å². The quantitative estimate of drug-likeness (QED) is 0.795. The molecule has 1 unspecified atom stereocenters. The molecule has 1 aliphatic heterocycles. The van der Waals surface area contributed by atoms with Gasteiger partial charge in [0, 0.05) is 24.5 Å². The average molecular weight is 224 g/mol. The van der Waals surface area contributed by atoms with Gasteiger partial charge in [0.15, 0.2) is 0 Å². The van der Waals surface area contributed by atoms with Gasteiger partial charge in [0.25, 0.3) is 0 Å². The van der Waals surface area contributed by atoms with Gasteiger partial charge >= 0.3 is 0 Å². The molecule has 1 N–H and O–H groups in total. The maximum absolute atomic E-state index is 11.5. The second kappa shape index (κ2) is 3.70. The number of rotatable bonds is 2. The zero-order valence-electron chi connectivity index (χ0n) is 9.26. The van der Waals surface area contributed by atoms with Crippen LogP contribution in [0, 0.1) is 0 Å². The molecule has 0 radical (unpaired) electrons. The largest absolute Gasteiger partial charge is 0.369 e. The first-order valence-electron chi connectivity index (χ1n) is 5.57. The van der Waals surface area contributed by atoms with Gasteiger partial charge in [0.2, 0.25) is 0 Å². The molecule has 17 heavy (non-hydrogen) atoms. The van der Waals surface area contributed by atoms with Gasteiger partial charge < -0.3 is 10.1 Å². The number of aldehydes is 1. The van der Waals surface area contributed by atoms with Crippen LogP contribution >= 0.6 is 0 Å². The van der Waals surface area contributed by atoms with E-state index in [9.17, 15) is 4.79 Å². The van der Waals surface area contributed by atoms with Crippen molar-refractivity contribution in [3.63, 3.8) is 0 Å². The zero-order chi connectivity index (χ0) is 11.7. The van der Waals surface area contributed by atoms with Gasteiger partial charge in [0.05, 0.1) is 0 Å². The maximum atomic E-state index is 11.5. The van der Waals surface area contributed by atoms with Crippen molar-refractivity contribution in [1.82, 2.24) is 4.98 Å². The van der Waals surface area contributed by atoms with Gasteiger partial charge in [-0.2, -0.15) is 0 Å². The summed E-state index contributed by atoms with van der Waals surface area (Å²) in [6.07, 6.45) is 5.11. The highest BCUT2D eigenvalue weighted by Gasteiger charge is 2.37. The van der Waals surface area contributed by atoms with E-state index >= 15 is 0 Å². The van der Waals surface area contributed by atoms with Crippen LogP contribution in [0.4, 0.5) is 5.69 Å². The highest BCUT2D eigenvalue weighted by Crippen LogP contribution is 2.37. The van der Waals surface area contributed by atoms with Crippen molar-refractivity contribution in [3.8, 4) is 0 Å². The molecule has 0 spiro atoms. The molecule has 2 aromatic rings. The lowest BCUT2D eigenvalue weighted by Crippen LogP contribution is -2.34. The number of hydrogen-bond donors (Lipinski definition) is 1. The van der Waals surface area contributed by atoms with Gasteiger partial charge in [-0.15, -0.1) is 0 Å². The summed E-state index contributed by atoms with van der Waals surface area (Å²) in [6, 6.07) is 11.8. The third kappa shape index (κ3) is 1.51. The van der Waals surface area contributed by atoms with E-state index in [-0.39, 0.29) is 0 Å². The Morgan fingerprint density at radius 1 is 1.18 bits per heavy atom. The Morgan fingerprint density at radius 2 is 1.94 bits per heavy atom. The fourth-order valence-electron chi connectivity index (χ4n) is 2.34. The second-order valence-electron chi connectivity index (χ2n) is 4.28. The molecule has 0 amide bonds. The molecular weight excluding hydrogens is 212 g/mol. The number of pyridine rings is 1. The molecule has 0 saturated carbocycles. The van der Waals surface area contributed by atoms with Crippen LogP contribution in [0.15, 0.2) is 48.8 Å². The van der Waals surface area contributed by atoms with Crippen molar-refractivity contribution in [2.24, 2.45) is 0 Å². The van der Waals surface area contributed by atoms with E-state index in [2.05, 4.69) is 16.4 Å². The fourth-order valence-corrected chi connectivity index (χ4v) is 2.34. The molecule has 3 nitrogen and oxygen atoms in total. The number of nitrogens with one attached hydrogen (secondary N) is 1. The third-order valence-corrected chi connectivity index (χ3v) is 3.24. The molecule has 0 saturated heterocycles. The number of hydrogen-bond acceptors (Lipinski definition) is 3. The van der Waals surface area contributed by atoms with Gasteiger partial charge in [-0.3, -0.25) is 4.98 Å². The summed E-state index contributed by atoms with van der Waals surface area (Å²) in [7, 11) is 0. The fraction of sp³-hybridized carbons (Fsp3) is 0.143. The lowest BCUT2D eigenvalue weighted by molar-refractivity contribution is -0.111. The summed E-state index contributed by atoms with van der Waals surface area (Å²) in [4.78, 5) is 15.5. The summed E-state index contributed by atoms with van der Waals surface area (Å²) in [5.41, 5.74) is 2.54. The molecule has 1 aromatic carbocycles. The van der Waals surface area contributed by atoms with Crippen LogP contribution in [0.3, 0.4) is 0 Å². The van der Waals surface area contributed by atoms with E-state index in [1.165, 1.54) is 5.56 Å². The van der Waals surface area contributed by atoms with Crippen molar-refractivity contribution >= 4 is 12.0 Å². The first kappa shape index (κ1) is 10.0. The van der Waals surface area contributed by atoms with E-state index in [4.69, 9.17) is 0 Å². The van der Waals surface area contributed by atoms with E-state index in [1.54, 1.807) is 12.4 Å². The van der Waals surface area contributed by atoms with Crippen molar-refractivity contribution in [2.75, 3.05) is 5.32 Å². The first-order valence-corrected chi connectivity index (χ1v) is 5.57. The number of nitrogens with zero attached hydrogens (tertiary/aromatic N) is 1. The molecule has 1 aliphatic rings. The average Bonchev–Trinajstić information content (AvgIpc) is 2.79. The Kier molecular flexibility index (Phi) is 2.18. The molecule has 2 heterocycles. The Hall–Kier alpha value is -2.16. The monoisotopic (exact) mass is 224 g/mol. The first-order chi connectivity index (χ1) is 8.34. The van der Waals surface area contributed by atoms with E-state index < -0.39 is 5.54 Å². The van der Waals surface area contributed by atoms with E-state index in [0.717, 1.165) is 17.5 Å². The highest BCUT2D eigenvalue weighted by molar-refractivity contribution is 5.79. The van der Waals surface area contributed by atoms with Crippen molar-refractivity contribution in [3.05, 3.63) is 59.9 Å². The lowest BCUT2D eigenvalue weighted by Gasteiger charge is -2.23. The van der Waals surface area contributed by atoms with Crippen LogP contribution in [0.2, 0.25) is 0 Å². The normalized spacial score (nSPS) is 21.6. The number of carbonyl (C=O) groups excluding carboxylic acids is 1. The molecule has 3 rings (SSSR count). The standard InChI is InChI=1S/C14H12N2O/c17-10-14(12-5-7-15-8-6-12)9-11-3-1-2-4-13(11)16-14/h1-8,10,16H,9H2.